The molecule has 5 atom stereocenters. The Morgan fingerprint density at radius 1 is 1.09 bits per heavy atom. The van der Waals surface area contributed by atoms with Gasteiger partial charge in [0.05, 0.1) is 0 Å². The van der Waals surface area contributed by atoms with Gasteiger partial charge >= 0.3 is 0 Å². The number of nitrogens with zero attached hydrogens (tertiary/aromatic N) is 2. The van der Waals surface area contributed by atoms with E-state index in [9.17, 15) is 0 Å². The zero-order valence-corrected chi connectivity index (χ0v) is 16.1. The maximum Gasteiger partial charge on any atom is 0.0428 e. The highest BCUT2D eigenvalue weighted by atomic mass is 15.2. The number of rotatable bonds is 12. The van der Waals surface area contributed by atoms with Gasteiger partial charge in [-0.05, 0) is 63.2 Å². The lowest BCUT2D eigenvalue weighted by atomic mass is 9.87. The van der Waals surface area contributed by atoms with Crippen molar-refractivity contribution in [1.82, 2.24) is 4.90 Å². The standard InChI is InChI=1S/C20H40N2/c1-8-11-16(3)13-10-14-22(7)20(17(4)18(20)5)19(12-9-2)15-21-6/h16-19H,6,8-15H2,1-5,7H3/t16?,17-,18?,19?,20?/m1/s1. The molecule has 2 nitrogen and oxygen atoms in total. The lowest BCUT2D eigenvalue weighted by Gasteiger charge is -2.37. The predicted octanol–water partition coefficient (Wildman–Crippen LogP) is 5.28. The van der Waals surface area contributed by atoms with Gasteiger partial charge in [-0.1, -0.05) is 53.9 Å². The van der Waals surface area contributed by atoms with E-state index < -0.39 is 0 Å². The summed E-state index contributed by atoms with van der Waals surface area (Å²) in [4.78, 5) is 6.96. The molecule has 1 rings (SSSR count). The van der Waals surface area contributed by atoms with Gasteiger partial charge in [-0.25, -0.2) is 0 Å². The summed E-state index contributed by atoms with van der Waals surface area (Å²) in [7, 11) is 2.36. The summed E-state index contributed by atoms with van der Waals surface area (Å²) in [6, 6.07) is 0. The summed E-state index contributed by atoms with van der Waals surface area (Å²) < 4.78 is 0. The van der Waals surface area contributed by atoms with Crippen LogP contribution in [0.25, 0.3) is 0 Å². The van der Waals surface area contributed by atoms with Gasteiger partial charge in [0.15, 0.2) is 0 Å². The van der Waals surface area contributed by atoms with E-state index in [1.54, 1.807) is 0 Å². The Bertz CT molecular complexity index is 318. The van der Waals surface area contributed by atoms with Gasteiger partial charge in [-0.3, -0.25) is 4.90 Å². The van der Waals surface area contributed by atoms with Gasteiger partial charge in [-0.2, -0.15) is 0 Å². The van der Waals surface area contributed by atoms with Crippen LogP contribution in [-0.4, -0.2) is 37.3 Å². The van der Waals surface area contributed by atoms with Crippen molar-refractivity contribution in [3.05, 3.63) is 0 Å². The van der Waals surface area contributed by atoms with Crippen LogP contribution in [0.3, 0.4) is 0 Å². The molecule has 0 spiro atoms. The van der Waals surface area contributed by atoms with Gasteiger partial charge < -0.3 is 4.99 Å². The summed E-state index contributed by atoms with van der Waals surface area (Å²) in [5.41, 5.74) is 0.380. The molecule has 0 aromatic rings. The smallest absolute Gasteiger partial charge is 0.0428 e. The molecule has 130 valence electrons. The van der Waals surface area contributed by atoms with Gasteiger partial charge in [0.1, 0.15) is 0 Å². The molecule has 0 bridgehead atoms. The Hall–Kier alpha value is -0.370. The average Bonchev–Trinajstić information content (AvgIpc) is 3.02. The number of hydrogen-bond donors (Lipinski definition) is 0. The number of aliphatic imine (C=N–C) groups is 1. The molecule has 0 aliphatic heterocycles. The van der Waals surface area contributed by atoms with E-state index in [4.69, 9.17) is 0 Å². The first-order valence-electron chi connectivity index (χ1n) is 9.60. The van der Waals surface area contributed by atoms with E-state index in [1.807, 2.05) is 0 Å². The summed E-state index contributed by atoms with van der Waals surface area (Å²) in [5.74, 6) is 3.15. The summed E-state index contributed by atoms with van der Waals surface area (Å²) in [6.07, 6.45) is 7.93. The topological polar surface area (TPSA) is 15.6 Å². The van der Waals surface area contributed by atoms with E-state index in [0.717, 1.165) is 24.3 Å². The molecule has 4 unspecified atom stereocenters. The van der Waals surface area contributed by atoms with Crippen molar-refractivity contribution in [3.8, 4) is 0 Å². The molecule has 1 saturated carbocycles. The fourth-order valence-corrected chi connectivity index (χ4v) is 5.02. The fraction of sp³-hybridized carbons (Fsp3) is 0.950. The van der Waals surface area contributed by atoms with E-state index in [0.29, 0.717) is 11.5 Å². The second-order valence-electron chi connectivity index (χ2n) is 7.81. The molecule has 0 N–H and O–H groups in total. The largest absolute Gasteiger partial charge is 0.301 e. The zero-order valence-electron chi connectivity index (χ0n) is 16.1. The molecular formula is C20H40N2. The Morgan fingerprint density at radius 2 is 1.68 bits per heavy atom. The molecule has 1 aliphatic carbocycles. The molecule has 0 radical (unpaired) electrons. The fourth-order valence-electron chi connectivity index (χ4n) is 5.02. The Labute approximate surface area is 139 Å². The second-order valence-corrected chi connectivity index (χ2v) is 7.81. The van der Waals surface area contributed by atoms with Gasteiger partial charge in [0.25, 0.3) is 0 Å². The van der Waals surface area contributed by atoms with Crippen molar-refractivity contribution in [3.63, 3.8) is 0 Å². The van der Waals surface area contributed by atoms with E-state index in [1.165, 1.54) is 45.1 Å². The Morgan fingerprint density at radius 3 is 2.14 bits per heavy atom. The van der Waals surface area contributed by atoms with Crippen LogP contribution in [-0.2, 0) is 0 Å². The highest BCUT2D eigenvalue weighted by Crippen LogP contribution is 2.59. The van der Waals surface area contributed by atoms with E-state index >= 15 is 0 Å². The van der Waals surface area contributed by atoms with Crippen molar-refractivity contribution >= 4 is 6.72 Å². The first-order chi connectivity index (χ1) is 10.5. The minimum absolute atomic E-state index is 0.380. The van der Waals surface area contributed by atoms with E-state index in [2.05, 4.69) is 58.3 Å². The Balaban J connectivity index is 2.64. The molecule has 0 saturated heterocycles. The monoisotopic (exact) mass is 308 g/mol. The van der Waals surface area contributed by atoms with Crippen LogP contribution < -0.4 is 0 Å². The van der Waals surface area contributed by atoms with Crippen molar-refractivity contribution in [2.24, 2.45) is 28.7 Å². The maximum atomic E-state index is 4.27. The molecular weight excluding hydrogens is 268 g/mol. The molecule has 1 aliphatic rings. The van der Waals surface area contributed by atoms with Crippen LogP contribution in [0.15, 0.2) is 4.99 Å². The first-order valence-corrected chi connectivity index (χ1v) is 9.60. The normalized spacial score (nSPS) is 30.3. The van der Waals surface area contributed by atoms with Gasteiger partial charge in [0.2, 0.25) is 0 Å². The third-order valence-corrected chi connectivity index (χ3v) is 6.37. The highest BCUT2D eigenvalue weighted by Gasteiger charge is 2.64. The molecule has 2 heteroatoms. The lowest BCUT2D eigenvalue weighted by molar-refractivity contribution is 0.120. The van der Waals surface area contributed by atoms with Crippen molar-refractivity contribution in [2.45, 2.75) is 78.7 Å². The minimum atomic E-state index is 0.380. The molecule has 0 heterocycles. The van der Waals surface area contributed by atoms with Gasteiger partial charge in [-0.15, -0.1) is 0 Å². The van der Waals surface area contributed by atoms with Crippen LogP contribution in [0.5, 0.6) is 0 Å². The van der Waals surface area contributed by atoms with Gasteiger partial charge in [0, 0.05) is 12.1 Å². The SMILES string of the molecule is C=NCC(CCC)C1(N(C)CCCC(C)CCC)C(C)[C@H]1C. The first kappa shape index (κ1) is 19.7. The molecule has 0 amide bonds. The number of hydrogen-bond acceptors (Lipinski definition) is 2. The average molecular weight is 309 g/mol. The Kier molecular flexibility index (Phi) is 8.10. The second kappa shape index (κ2) is 9.05. The third kappa shape index (κ3) is 4.13. The van der Waals surface area contributed by atoms with Crippen LogP contribution in [0, 0.1) is 23.7 Å². The van der Waals surface area contributed by atoms with Crippen molar-refractivity contribution in [1.29, 1.82) is 0 Å². The summed E-state index contributed by atoms with van der Waals surface area (Å²) in [5, 5.41) is 0. The highest BCUT2D eigenvalue weighted by molar-refractivity contribution is 5.25. The van der Waals surface area contributed by atoms with Crippen molar-refractivity contribution < 1.29 is 0 Å². The quantitative estimate of drug-likeness (QED) is 0.448. The summed E-state index contributed by atoms with van der Waals surface area (Å²) >= 11 is 0. The van der Waals surface area contributed by atoms with E-state index in [-0.39, 0.29) is 0 Å². The van der Waals surface area contributed by atoms with Crippen LogP contribution in [0.2, 0.25) is 0 Å². The molecule has 1 fully saturated rings. The third-order valence-electron chi connectivity index (χ3n) is 6.37. The van der Waals surface area contributed by atoms with Crippen molar-refractivity contribution in [2.75, 3.05) is 20.1 Å². The zero-order chi connectivity index (χ0) is 16.8. The van der Waals surface area contributed by atoms with Crippen LogP contribution >= 0.6 is 0 Å². The lowest BCUT2D eigenvalue weighted by Crippen LogP contribution is -2.45. The molecule has 0 aromatic carbocycles. The molecule has 0 aromatic heterocycles. The maximum absolute atomic E-state index is 4.27. The van der Waals surface area contributed by atoms with Crippen LogP contribution in [0.4, 0.5) is 0 Å². The predicted molar refractivity (Wildman–Crippen MR) is 99.8 cm³/mol. The molecule has 22 heavy (non-hydrogen) atoms. The summed E-state index contributed by atoms with van der Waals surface area (Å²) in [6.45, 7) is 17.8. The van der Waals surface area contributed by atoms with Crippen LogP contribution in [0.1, 0.15) is 73.1 Å². The minimum Gasteiger partial charge on any atom is -0.301 e.